The number of rotatable bonds is 7. The van der Waals surface area contributed by atoms with Crippen molar-refractivity contribution >= 4 is 16.7 Å². The Bertz CT molecular complexity index is 1380. The molecule has 0 atom stereocenters. The van der Waals surface area contributed by atoms with E-state index in [-0.39, 0.29) is 11.4 Å². The van der Waals surface area contributed by atoms with Crippen molar-refractivity contribution in [2.75, 3.05) is 21.3 Å². The molecule has 6 nitrogen and oxygen atoms in total. The van der Waals surface area contributed by atoms with Gasteiger partial charge in [-0.05, 0) is 48.0 Å². The summed E-state index contributed by atoms with van der Waals surface area (Å²) < 4.78 is 31.1. The van der Waals surface area contributed by atoms with Gasteiger partial charge in [-0.25, -0.2) is 4.39 Å². The summed E-state index contributed by atoms with van der Waals surface area (Å²) in [6, 6.07) is 15.9. The maximum atomic E-state index is 13.4. The third kappa shape index (κ3) is 4.30. The van der Waals surface area contributed by atoms with E-state index >= 15 is 0 Å². The van der Waals surface area contributed by atoms with E-state index in [1.54, 1.807) is 53.1 Å². The lowest BCUT2D eigenvalue weighted by Crippen LogP contribution is -2.20. The number of benzene rings is 3. The van der Waals surface area contributed by atoms with Crippen LogP contribution in [0.25, 0.3) is 10.9 Å². The molecule has 168 valence electrons. The van der Waals surface area contributed by atoms with E-state index in [9.17, 15) is 14.0 Å². The fourth-order valence-corrected chi connectivity index (χ4v) is 3.69. The van der Waals surface area contributed by atoms with Crippen molar-refractivity contribution in [3.05, 3.63) is 99.6 Å². The minimum Gasteiger partial charge on any atom is -0.497 e. The van der Waals surface area contributed by atoms with Gasteiger partial charge in [0, 0.05) is 24.4 Å². The first-order valence-electron chi connectivity index (χ1n) is 10.2. The maximum absolute atomic E-state index is 13.4. The molecule has 0 amide bonds. The maximum Gasteiger partial charge on any atom is 0.200 e. The van der Waals surface area contributed by atoms with Crippen LogP contribution in [0.4, 0.5) is 4.39 Å². The van der Waals surface area contributed by atoms with Gasteiger partial charge in [0.25, 0.3) is 0 Å². The molecule has 0 aliphatic carbocycles. The van der Waals surface area contributed by atoms with E-state index in [1.807, 2.05) is 0 Å². The Labute approximate surface area is 189 Å². The van der Waals surface area contributed by atoms with E-state index in [2.05, 4.69) is 0 Å². The number of ketones is 1. The number of halogens is 1. The van der Waals surface area contributed by atoms with Crippen molar-refractivity contribution < 1.29 is 23.4 Å². The topological polar surface area (TPSA) is 66.8 Å². The summed E-state index contributed by atoms with van der Waals surface area (Å²) in [5.74, 6) is 0.684. The number of ether oxygens (including phenoxy) is 3. The molecular weight excluding hydrogens is 425 g/mol. The van der Waals surface area contributed by atoms with Crippen molar-refractivity contribution in [1.82, 2.24) is 4.57 Å². The normalized spacial score (nSPS) is 10.8. The molecule has 3 aromatic carbocycles. The summed E-state index contributed by atoms with van der Waals surface area (Å²) in [5.41, 5.74) is 1.33. The Hall–Kier alpha value is -4.13. The standard InChI is InChI=1S/C26H22FNO5/c1-31-19-10-6-17(7-11-19)25(29)21-15-28(14-16-4-8-18(27)9-5-16)22-13-24(33-3)23(32-2)12-20(22)26(21)30/h4-13,15H,14H2,1-3H3. The van der Waals surface area contributed by atoms with Gasteiger partial charge in [0.15, 0.2) is 17.3 Å². The molecule has 4 aromatic rings. The molecule has 0 radical (unpaired) electrons. The minimum absolute atomic E-state index is 0.0157. The molecule has 0 N–H and O–H groups in total. The number of hydrogen-bond acceptors (Lipinski definition) is 5. The highest BCUT2D eigenvalue weighted by atomic mass is 19.1. The Kier molecular flexibility index (Phi) is 6.13. The predicted octanol–water partition coefficient (Wildman–Crippen LogP) is 4.45. The van der Waals surface area contributed by atoms with Crippen LogP contribution in [-0.2, 0) is 6.54 Å². The Balaban J connectivity index is 1.92. The van der Waals surface area contributed by atoms with Gasteiger partial charge in [0.1, 0.15) is 11.6 Å². The molecule has 7 heteroatoms. The number of aromatic nitrogens is 1. The van der Waals surface area contributed by atoms with Crippen LogP contribution in [0.15, 0.2) is 71.7 Å². The van der Waals surface area contributed by atoms with Crippen LogP contribution in [0, 0.1) is 5.82 Å². The number of methoxy groups -OCH3 is 3. The van der Waals surface area contributed by atoms with E-state index < -0.39 is 11.2 Å². The number of pyridine rings is 1. The average molecular weight is 447 g/mol. The summed E-state index contributed by atoms with van der Waals surface area (Å²) in [7, 11) is 4.52. The molecule has 1 aromatic heterocycles. The number of carbonyl (C=O) groups is 1. The van der Waals surface area contributed by atoms with Gasteiger partial charge in [-0.1, -0.05) is 12.1 Å². The molecule has 0 fully saturated rings. The molecular formula is C26H22FNO5. The zero-order valence-electron chi connectivity index (χ0n) is 18.4. The van der Waals surface area contributed by atoms with Gasteiger partial charge in [-0.2, -0.15) is 0 Å². The number of nitrogens with zero attached hydrogens (tertiary/aromatic N) is 1. The fourth-order valence-electron chi connectivity index (χ4n) is 3.69. The van der Waals surface area contributed by atoms with Crippen molar-refractivity contribution in [2.24, 2.45) is 0 Å². The summed E-state index contributed by atoms with van der Waals surface area (Å²) in [6.07, 6.45) is 1.53. The lowest BCUT2D eigenvalue weighted by molar-refractivity contribution is 0.103. The summed E-state index contributed by atoms with van der Waals surface area (Å²) >= 11 is 0. The highest BCUT2D eigenvalue weighted by Gasteiger charge is 2.20. The predicted molar refractivity (Wildman–Crippen MR) is 123 cm³/mol. The van der Waals surface area contributed by atoms with Crippen LogP contribution in [0.2, 0.25) is 0 Å². The van der Waals surface area contributed by atoms with Gasteiger partial charge in [-0.3, -0.25) is 9.59 Å². The second-order valence-electron chi connectivity index (χ2n) is 7.41. The summed E-state index contributed by atoms with van der Waals surface area (Å²) in [6.45, 7) is 0.315. The summed E-state index contributed by atoms with van der Waals surface area (Å²) in [4.78, 5) is 26.7. The Morgan fingerprint density at radius 1 is 0.879 bits per heavy atom. The highest BCUT2D eigenvalue weighted by Crippen LogP contribution is 2.31. The van der Waals surface area contributed by atoms with E-state index in [4.69, 9.17) is 14.2 Å². The molecule has 0 saturated carbocycles. The Morgan fingerprint density at radius 3 is 2.12 bits per heavy atom. The van der Waals surface area contributed by atoms with E-state index in [0.29, 0.717) is 40.3 Å². The molecule has 0 saturated heterocycles. The first-order chi connectivity index (χ1) is 15.9. The number of hydrogen-bond donors (Lipinski definition) is 0. The van der Waals surface area contributed by atoms with Crippen LogP contribution in [-0.4, -0.2) is 31.7 Å². The summed E-state index contributed by atoms with van der Waals surface area (Å²) in [5, 5.41) is 0.314. The molecule has 0 unspecified atom stereocenters. The molecule has 0 bridgehead atoms. The van der Waals surface area contributed by atoms with Crippen LogP contribution >= 0.6 is 0 Å². The first kappa shape index (κ1) is 22.1. The van der Waals surface area contributed by atoms with Crippen LogP contribution in [0.3, 0.4) is 0 Å². The van der Waals surface area contributed by atoms with E-state index in [1.165, 1.54) is 39.7 Å². The van der Waals surface area contributed by atoms with Crippen molar-refractivity contribution in [1.29, 1.82) is 0 Å². The SMILES string of the molecule is COc1ccc(C(=O)c2cn(Cc3ccc(F)cc3)c3cc(OC)c(OC)cc3c2=O)cc1. The number of fused-ring (bicyclic) bond motifs is 1. The van der Waals surface area contributed by atoms with Gasteiger partial charge in [0.2, 0.25) is 5.43 Å². The van der Waals surface area contributed by atoms with Crippen molar-refractivity contribution in [3.63, 3.8) is 0 Å². The third-order valence-corrected chi connectivity index (χ3v) is 5.45. The van der Waals surface area contributed by atoms with Gasteiger partial charge in [-0.15, -0.1) is 0 Å². The van der Waals surface area contributed by atoms with Crippen LogP contribution < -0.4 is 19.6 Å². The smallest absolute Gasteiger partial charge is 0.200 e. The van der Waals surface area contributed by atoms with Crippen LogP contribution in [0.5, 0.6) is 17.2 Å². The molecule has 0 spiro atoms. The zero-order valence-corrected chi connectivity index (χ0v) is 18.4. The minimum atomic E-state index is -0.415. The second-order valence-corrected chi connectivity index (χ2v) is 7.41. The lowest BCUT2D eigenvalue weighted by atomic mass is 10.0. The fraction of sp³-hybridized carbons (Fsp3) is 0.154. The quantitative estimate of drug-likeness (QED) is 0.392. The third-order valence-electron chi connectivity index (χ3n) is 5.45. The largest absolute Gasteiger partial charge is 0.497 e. The van der Waals surface area contributed by atoms with Gasteiger partial charge >= 0.3 is 0 Å². The second kappa shape index (κ2) is 9.16. The monoisotopic (exact) mass is 447 g/mol. The van der Waals surface area contributed by atoms with E-state index in [0.717, 1.165) is 5.56 Å². The molecule has 0 aliphatic rings. The molecule has 1 heterocycles. The first-order valence-corrected chi connectivity index (χ1v) is 10.2. The Morgan fingerprint density at radius 2 is 1.52 bits per heavy atom. The van der Waals surface area contributed by atoms with Crippen molar-refractivity contribution in [3.8, 4) is 17.2 Å². The van der Waals surface area contributed by atoms with Crippen molar-refractivity contribution in [2.45, 2.75) is 6.54 Å². The lowest BCUT2D eigenvalue weighted by Gasteiger charge is -2.16. The highest BCUT2D eigenvalue weighted by molar-refractivity contribution is 6.10. The molecule has 0 aliphatic heterocycles. The number of carbonyl (C=O) groups excluding carboxylic acids is 1. The average Bonchev–Trinajstić information content (AvgIpc) is 2.85. The van der Waals surface area contributed by atoms with Gasteiger partial charge in [0.05, 0.1) is 37.8 Å². The molecule has 33 heavy (non-hydrogen) atoms. The van der Waals surface area contributed by atoms with Gasteiger partial charge < -0.3 is 18.8 Å². The van der Waals surface area contributed by atoms with Crippen LogP contribution in [0.1, 0.15) is 21.5 Å². The molecule has 4 rings (SSSR count). The zero-order chi connectivity index (χ0) is 23.5.